The van der Waals surface area contributed by atoms with Gasteiger partial charge in [-0.25, -0.2) is 13.1 Å². The summed E-state index contributed by atoms with van der Waals surface area (Å²) in [4.78, 5) is 2.52. The van der Waals surface area contributed by atoms with E-state index in [4.69, 9.17) is 4.74 Å². The monoisotopic (exact) mass is 312 g/mol. The van der Waals surface area contributed by atoms with Gasteiger partial charge in [0.1, 0.15) is 0 Å². The SMILES string of the molecule is CNS(=O)(=O)c1ccc(CN(C)C[C@H]2CCCCO2)cc1. The Hall–Kier alpha value is -0.950. The summed E-state index contributed by atoms with van der Waals surface area (Å²) < 4.78 is 31.4. The van der Waals surface area contributed by atoms with Crippen LogP contribution >= 0.6 is 0 Å². The summed E-state index contributed by atoms with van der Waals surface area (Å²) >= 11 is 0. The largest absolute Gasteiger partial charge is 0.377 e. The second-order valence-electron chi connectivity index (χ2n) is 5.54. The Labute approximate surface area is 127 Å². The quantitative estimate of drug-likeness (QED) is 0.867. The highest BCUT2D eigenvalue weighted by atomic mass is 32.2. The Balaban J connectivity index is 1.90. The van der Waals surface area contributed by atoms with Crippen molar-refractivity contribution in [1.29, 1.82) is 0 Å². The van der Waals surface area contributed by atoms with Crippen LogP contribution in [0.5, 0.6) is 0 Å². The van der Waals surface area contributed by atoms with Crippen LogP contribution in [0.2, 0.25) is 0 Å². The predicted molar refractivity (Wildman–Crippen MR) is 82.6 cm³/mol. The summed E-state index contributed by atoms with van der Waals surface area (Å²) in [5, 5.41) is 0. The molecule has 1 N–H and O–H groups in total. The molecule has 1 saturated heterocycles. The van der Waals surface area contributed by atoms with Crippen molar-refractivity contribution in [3.8, 4) is 0 Å². The molecular formula is C15H24N2O3S. The molecule has 21 heavy (non-hydrogen) atoms. The van der Waals surface area contributed by atoms with Crippen molar-refractivity contribution in [2.75, 3.05) is 27.2 Å². The summed E-state index contributed by atoms with van der Waals surface area (Å²) in [5.41, 5.74) is 1.10. The molecule has 6 heteroatoms. The van der Waals surface area contributed by atoms with E-state index in [1.807, 2.05) is 12.1 Å². The molecule has 0 amide bonds. The highest BCUT2D eigenvalue weighted by Gasteiger charge is 2.16. The smallest absolute Gasteiger partial charge is 0.240 e. The Bertz CT molecular complexity index is 537. The van der Waals surface area contributed by atoms with E-state index < -0.39 is 10.0 Å². The van der Waals surface area contributed by atoms with Crippen LogP contribution in [0.25, 0.3) is 0 Å². The van der Waals surface area contributed by atoms with Crippen LogP contribution in [0.4, 0.5) is 0 Å². The first kappa shape index (κ1) is 16.4. The van der Waals surface area contributed by atoms with Gasteiger partial charge in [0.2, 0.25) is 10.0 Å². The average Bonchev–Trinajstić information content (AvgIpc) is 2.48. The molecule has 0 unspecified atom stereocenters. The second-order valence-corrected chi connectivity index (χ2v) is 7.42. The van der Waals surface area contributed by atoms with E-state index in [0.29, 0.717) is 11.0 Å². The number of rotatable bonds is 6. The standard InChI is InChI=1S/C15H24N2O3S/c1-16-21(18,19)15-8-6-13(7-9-15)11-17(2)12-14-5-3-4-10-20-14/h6-9,14,16H,3-5,10-12H2,1-2H3/t14-/m1/s1. The summed E-state index contributed by atoms with van der Waals surface area (Å²) in [6.45, 7) is 2.57. The van der Waals surface area contributed by atoms with E-state index in [-0.39, 0.29) is 0 Å². The number of nitrogens with one attached hydrogen (secondary N) is 1. The van der Waals surface area contributed by atoms with Gasteiger partial charge in [-0.05, 0) is 51.1 Å². The molecule has 0 spiro atoms. The highest BCUT2D eigenvalue weighted by Crippen LogP contribution is 2.15. The third-order valence-corrected chi connectivity index (χ3v) is 5.17. The number of hydrogen-bond acceptors (Lipinski definition) is 4. The molecule has 0 radical (unpaired) electrons. The molecule has 1 aromatic rings. The Morgan fingerprint density at radius 2 is 2.00 bits per heavy atom. The zero-order chi connectivity index (χ0) is 15.3. The number of nitrogens with zero attached hydrogens (tertiary/aromatic N) is 1. The van der Waals surface area contributed by atoms with Gasteiger partial charge in [0, 0.05) is 19.7 Å². The first-order valence-corrected chi connectivity index (χ1v) is 8.82. The molecule has 0 aromatic heterocycles. The molecule has 2 rings (SSSR count). The van der Waals surface area contributed by atoms with Crippen LogP contribution in [-0.2, 0) is 21.3 Å². The van der Waals surface area contributed by atoms with Gasteiger partial charge in [0.25, 0.3) is 0 Å². The van der Waals surface area contributed by atoms with Crippen LogP contribution in [0.3, 0.4) is 0 Å². The van der Waals surface area contributed by atoms with Gasteiger partial charge in [0.05, 0.1) is 11.0 Å². The maximum Gasteiger partial charge on any atom is 0.240 e. The fourth-order valence-electron chi connectivity index (χ4n) is 2.57. The van der Waals surface area contributed by atoms with E-state index in [9.17, 15) is 8.42 Å². The minimum atomic E-state index is -3.35. The van der Waals surface area contributed by atoms with Crippen molar-refractivity contribution in [1.82, 2.24) is 9.62 Å². The van der Waals surface area contributed by atoms with Crippen molar-refractivity contribution in [2.24, 2.45) is 0 Å². The van der Waals surface area contributed by atoms with Crippen molar-refractivity contribution < 1.29 is 13.2 Å². The van der Waals surface area contributed by atoms with E-state index >= 15 is 0 Å². The highest BCUT2D eigenvalue weighted by molar-refractivity contribution is 7.89. The van der Waals surface area contributed by atoms with Crippen molar-refractivity contribution in [2.45, 2.75) is 36.8 Å². The molecule has 1 aliphatic heterocycles. The fraction of sp³-hybridized carbons (Fsp3) is 0.600. The maximum atomic E-state index is 11.7. The average molecular weight is 312 g/mol. The van der Waals surface area contributed by atoms with E-state index in [2.05, 4.69) is 16.7 Å². The zero-order valence-corrected chi connectivity index (χ0v) is 13.5. The molecule has 1 heterocycles. The van der Waals surface area contributed by atoms with Gasteiger partial charge < -0.3 is 4.74 Å². The van der Waals surface area contributed by atoms with Crippen LogP contribution in [0.1, 0.15) is 24.8 Å². The van der Waals surface area contributed by atoms with Gasteiger partial charge in [-0.1, -0.05) is 12.1 Å². The van der Waals surface area contributed by atoms with E-state index in [1.54, 1.807) is 12.1 Å². The lowest BCUT2D eigenvalue weighted by atomic mass is 10.1. The van der Waals surface area contributed by atoms with Gasteiger partial charge in [0.15, 0.2) is 0 Å². The number of likely N-dealkylation sites (N-methyl/N-ethyl adjacent to an activating group) is 1. The second kappa shape index (κ2) is 7.35. The summed E-state index contributed by atoms with van der Waals surface area (Å²) in [5.74, 6) is 0. The van der Waals surface area contributed by atoms with Crippen LogP contribution in [0.15, 0.2) is 29.2 Å². The minimum absolute atomic E-state index is 0.298. The molecule has 0 aliphatic carbocycles. The van der Waals surface area contributed by atoms with Gasteiger partial charge in [-0.3, -0.25) is 4.90 Å². The molecule has 0 saturated carbocycles. The number of hydrogen-bond donors (Lipinski definition) is 1. The first-order valence-electron chi connectivity index (χ1n) is 7.34. The number of benzene rings is 1. The molecule has 1 fully saturated rings. The molecule has 118 valence electrons. The van der Waals surface area contributed by atoms with Crippen LogP contribution < -0.4 is 4.72 Å². The fourth-order valence-corrected chi connectivity index (χ4v) is 3.30. The third kappa shape index (κ3) is 4.78. The molecule has 5 nitrogen and oxygen atoms in total. The molecule has 1 atom stereocenters. The van der Waals surface area contributed by atoms with E-state index in [0.717, 1.165) is 31.7 Å². The minimum Gasteiger partial charge on any atom is -0.377 e. The van der Waals surface area contributed by atoms with Crippen LogP contribution in [0, 0.1) is 0 Å². The number of sulfonamides is 1. The number of ether oxygens (including phenoxy) is 1. The summed E-state index contributed by atoms with van der Waals surface area (Å²) in [6.07, 6.45) is 3.87. The van der Waals surface area contributed by atoms with Crippen molar-refractivity contribution in [3.05, 3.63) is 29.8 Å². The van der Waals surface area contributed by atoms with Gasteiger partial charge in [-0.2, -0.15) is 0 Å². The summed E-state index contributed by atoms with van der Waals surface area (Å²) in [6, 6.07) is 7.02. The van der Waals surface area contributed by atoms with Crippen molar-refractivity contribution in [3.63, 3.8) is 0 Å². The van der Waals surface area contributed by atoms with E-state index in [1.165, 1.54) is 19.9 Å². The zero-order valence-electron chi connectivity index (χ0n) is 12.7. The lowest BCUT2D eigenvalue weighted by Gasteiger charge is -2.27. The van der Waals surface area contributed by atoms with Gasteiger partial charge >= 0.3 is 0 Å². The van der Waals surface area contributed by atoms with Crippen molar-refractivity contribution >= 4 is 10.0 Å². The topological polar surface area (TPSA) is 58.6 Å². The molecular weight excluding hydrogens is 288 g/mol. The van der Waals surface area contributed by atoms with Gasteiger partial charge in [-0.15, -0.1) is 0 Å². The Morgan fingerprint density at radius 3 is 2.57 bits per heavy atom. The lowest BCUT2D eigenvalue weighted by molar-refractivity contribution is -0.00259. The molecule has 1 aromatic carbocycles. The molecule has 0 bridgehead atoms. The van der Waals surface area contributed by atoms with Crippen LogP contribution in [-0.4, -0.2) is 46.7 Å². The summed E-state index contributed by atoms with van der Waals surface area (Å²) in [7, 11) is 0.134. The normalized spacial score (nSPS) is 19.9. The Kier molecular flexibility index (Phi) is 5.75. The third-order valence-electron chi connectivity index (χ3n) is 3.74. The maximum absolute atomic E-state index is 11.7. The predicted octanol–water partition coefficient (Wildman–Crippen LogP) is 1.60. The molecule has 1 aliphatic rings. The Morgan fingerprint density at radius 1 is 1.29 bits per heavy atom. The first-order chi connectivity index (χ1) is 10.0. The lowest BCUT2D eigenvalue weighted by Crippen LogP contribution is -2.33.